The number of carbonyl (C=O) groups is 2. The van der Waals surface area contributed by atoms with Crippen LogP contribution in [0.15, 0.2) is 60.7 Å². The van der Waals surface area contributed by atoms with Gasteiger partial charge in [0.25, 0.3) is 0 Å². The first-order chi connectivity index (χ1) is 15.1. The minimum atomic E-state index is -0.248. The molecule has 5 nitrogen and oxygen atoms in total. The van der Waals surface area contributed by atoms with Crippen LogP contribution in [0.25, 0.3) is 10.9 Å². The second kappa shape index (κ2) is 7.97. The number of nitrogens with zero attached hydrogens (tertiary/aromatic N) is 2. The fourth-order valence-corrected chi connectivity index (χ4v) is 5.48. The Bertz CT molecular complexity index is 1120. The van der Waals surface area contributed by atoms with Gasteiger partial charge in [0.1, 0.15) is 6.23 Å². The van der Waals surface area contributed by atoms with Crippen molar-refractivity contribution >= 4 is 22.6 Å². The molecule has 3 aromatic rings. The highest BCUT2D eigenvalue weighted by molar-refractivity contribution is 6.00. The van der Waals surface area contributed by atoms with Gasteiger partial charge in [0.2, 0.25) is 5.91 Å². The Kier molecular flexibility index (Phi) is 5.14. The van der Waals surface area contributed by atoms with E-state index in [9.17, 15) is 9.59 Å². The second-order valence-corrected chi connectivity index (χ2v) is 8.76. The van der Waals surface area contributed by atoms with Gasteiger partial charge in [-0.05, 0) is 30.0 Å². The number of fused-ring (bicyclic) bond motifs is 2. The molecule has 160 valence electrons. The standard InChI is InChI=1S/C26H28N2O3/c1-3-20-19(14-24(29)22-13-18-11-7-8-12-21(18)27(22)2)15-25(30)28-23(16-31-26(20)28)17-9-5-4-6-10-17/h4-13,19-20,23,26H,3,14-16H2,1-2H3/t19-,20+,23+,26-/m1/s1. The molecule has 0 saturated carbocycles. The molecule has 0 spiro atoms. The van der Waals surface area contributed by atoms with Crippen LogP contribution >= 0.6 is 0 Å². The Balaban J connectivity index is 1.38. The summed E-state index contributed by atoms with van der Waals surface area (Å²) in [5.74, 6) is 0.348. The van der Waals surface area contributed by atoms with Gasteiger partial charge in [-0.1, -0.05) is 55.5 Å². The van der Waals surface area contributed by atoms with Gasteiger partial charge >= 0.3 is 0 Å². The molecule has 31 heavy (non-hydrogen) atoms. The highest BCUT2D eigenvalue weighted by Gasteiger charge is 2.49. The Labute approximate surface area is 182 Å². The number of amides is 1. The fourth-order valence-electron chi connectivity index (χ4n) is 5.48. The number of ketones is 1. The first kappa shape index (κ1) is 20.0. The monoisotopic (exact) mass is 416 g/mol. The van der Waals surface area contributed by atoms with Crippen molar-refractivity contribution < 1.29 is 14.3 Å². The van der Waals surface area contributed by atoms with Gasteiger partial charge in [0.15, 0.2) is 5.78 Å². The molecule has 2 aliphatic rings. The molecule has 1 amide bonds. The third-order valence-electron chi connectivity index (χ3n) is 7.07. The first-order valence-corrected chi connectivity index (χ1v) is 11.1. The normalized spacial score (nSPS) is 25.7. The zero-order valence-corrected chi connectivity index (χ0v) is 18.0. The quantitative estimate of drug-likeness (QED) is 0.566. The van der Waals surface area contributed by atoms with E-state index in [2.05, 4.69) is 19.1 Å². The van der Waals surface area contributed by atoms with E-state index >= 15 is 0 Å². The molecule has 2 saturated heterocycles. The largest absolute Gasteiger partial charge is 0.355 e. The van der Waals surface area contributed by atoms with E-state index in [1.807, 2.05) is 65.0 Å². The second-order valence-electron chi connectivity index (χ2n) is 8.76. The number of hydrogen-bond acceptors (Lipinski definition) is 3. The minimum Gasteiger partial charge on any atom is -0.355 e. The van der Waals surface area contributed by atoms with Crippen LogP contribution in [-0.4, -0.2) is 34.0 Å². The van der Waals surface area contributed by atoms with E-state index in [4.69, 9.17) is 4.74 Å². The Morgan fingerprint density at radius 1 is 1.10 bits per heavy atom. The zero-order chi connectivity index (χ0) is 21.5. The van der Waals surface area contributed by atoms with E-state index in [0.29, 0.717) is 25.1 Å². The molecule has 4 atom stereocenters. The summed E-state index contributed by atoms with van der Waals surface area (Å²) >= 11 is 0. The lowest BCUT2D eigenvalue weighted by atomic mass is 9.78. The summed E-state index contributed by atoms with van der Waals surface area (Å²) in [5, 5.41) is 1.07. The average molecular weight is 417 g/mol. The maximum Gasteiger partial charge on any atom is 0.225 e. The molecule has 3 heterocycles. The van der Waals surface area contributed by atoms with Crippen LogP contribution in [0.4, 0.5) is 0 Å². The van der Waals surface area contributed by atoms with E-state index in [1.54, 1.807) is 0 Å². The molecule has 0 unspecified atom stereocenters. The van der Waals surface area contributed by atoms with Crippen LogP contribution in [0.1, 0.15) is 48.3 Å². The number of aryl methyl sites for hydroxylation is 1. The van der Waals surface area contributed by atoms with Gasteiger partial charge in [-0.25, -0.2) is 0 Å². The molecular weight excluding hydrogens is 388 g/mol. The van der Waals surface area contributed by atoms with Crippen LogP contribution in [0.3, 0.4) is 0 Å². The van der Waals surface area contributed by atoms with Crippen molar-refractivity contribution in [2.75, 3.05) is 6.61 Å². The topological polar surface area (TPSA) is 51.5 Å². The molecular formula is C26H28N2O3. The van der Waals surface area contributed by atoms with Gasteiger partial charge in [-0.3, -0.25) is 9.59 Å². The van der Waals surface area contributed by atoms with Crippen molar-refractivity contribution in [2.45, 2.75) is 38.5 Å². The molecule has 1 aromatic heterocycles. The zero-order valence-electron chi connectivity index (χ0n) is 18.0. The Morgan fingerprint density at radius 2 is 1.84 bits per heavy atom. The van der Waals surface area contributed by atoms with Crippen molar-refractivity contribution in [2.24, 2.45) is 18.9 Å². The van der Waals surface area contributed by atoms with E-state index in [0.717, 1.165) is 22.9 Å². The lowest BCUT2D eigenvalue weighted by molar-refractivity contribution is -0.152. The predicted molar refractivity (Wildman–Crippen MR) is 120 cm³/mol. The first-order valence-electron chi connectivity index (χ1n) is 11.1. The third-order valence-corrected chi connectivity index (χ3v) is 7.07. The molecule has 5 heteroatoms. The van der Waals surface area contributed by atoms with Crippen LogP contribution in [-0.2, 0) is 16.6 Å². The predicted octanol–water partition coefficient (Wildman–Crippen LogP) is 4.72. The number of hydrogen-bond donors (Lipinski definition) is 0. The van der Waals surface area contributed by atoms with Crippen LogP contribution in [0.5, 0.6) is 0 Å². The number of carbonyl (C=O) groups excluding carboxylic acids is 2. The van der Waals surface area contributed by atoms with E-state index in [-0.39, 0.29) is 35.8 Å². The summed E-state index contributed by atoms with van der Waals surface area (Å²) in [6, 6.07) is 20.0. The number of benzene rings is 2. The highest BCUT2D eigenvalue weighted by Crippen LogP contribution is 2.43. The fraction of sp³-hybridized carbons (Fsp3) is 0.385. The maximum atomic E-state index is 13.3. The van der Waals surface area contributed by atoms with Crippen LogP contribution in [0, 0.1) is 11.8 Å². The van der Waals surface area contributed by atoms with Gasteiger partial charge in [-0.15, -0.1) is 0 Å². The number of piperidine rings is 1. The molecule has 0 bridgehead atoms. The number of aromatic nitrogens is 1. The average Bonchev–Trinajstić information content (AvgIpc) is 3.37. The van der Waals surface area contributed by atoms with Crippen LogP contribution < -0.4 is 0 Å². The molecule has 0 N–H and O–H groups in total. The van der Waals surface area contributed by atoms with Crippen molar-refractivity contribution in [1.29, 1.82) is 0 Å². The van der Waals surface area contributed by atoms with Crippen molar-refractivity contribution in [3.8, 4) is 0 Å². The lowest BCUT2D eigenvalue weighted by Crippen LogP contribution is -2.50. The van der Waals surface area contributed by atoms with Crippen molar-refractivity contribution in [1.82, 2.24) is 9.47 Å². The smallest absolute Gasteiger partial charge is 0.225 e. The summed E-state index contributed by atoms with van der Waals surface area (Å²) in [6.45, 7) is 2.65. The molecule has 0 aliphatic carbocycles. The minimum absolute atomic E-state index is 0.00112. The summed E-state index contributed by atoms with van der Waals surface area (Å²) in [7, 11) is 1.94. The summed E-state index contributed by atoms with van der Waals surface area (Å²) in [5.41, 5.74) is 2.87. The Hall–Kier alpha value is -2.92. The molecule has 0 radical (unpaired) electrons. The van der Waals surface area contributed by atoms with Gasteiger partial charge < -0.3 is 14.2 Å². The summed E-state index contributed by atoms with van der Waals surface area (Å²) < 4.78 is 8.14. The van der Waals surface area contributed by atoms with Crippen molar-refractivity contribution in [3.05, 3.63) is 71.9 Å². The number of rotatable bonds is 5. The number of para-hydroxylation sites is 1. The summed E-state index contributed by atoms with van der Waals surface area (Å²) in [6.07, 6.45) is 1.40. The molecule has 5 rings (SSSR count). The molecule has 2 aliphatic heterocycles. The van der Waals surface area contributed by atoms with Crippen LogP contribution in [0.2, 0.25) is 0 Å². The van der Waals surface area contributed by atoms with E-state index in [1.165, 1.54) is 0 Å². The Morgan fingerprint density at radius 3 is 2.58 bits per heavy atom. The van der Waals surface area contributed by atoms with Gasteiger partial charge in [0, 0.05) is 36.7 Å². The summed E-state index contributed by atoms with van der Waals surface area (Å²) in [4.78, 5) is 28.4. The number of Topliss-reactive ketones (excluding diaryl/α,β-unsaturated/α-hetero) is 1. The van der Waals surface area contributed by atoms with Crippen molar-refractivity contribution in [3.63, 3.8) is 0 Å². The molecule has 2 fully saturated rings. The highest BCUT2D eigenvalue weighted by atomic mass is 16.5. The maximum absolute atomic E-state index is 13.3. The number of ether oxygens (including phenoxy) is 1. The SMILES string of the molecule is CC[C@H]1[C@H](CC(=O)c2cc3ccccc3n2C)CC(=O)N2[C@@H]1OC[C@H]2c1ccccc1. The third kappa shape index (κ3) is 3.37. The molecule has 2 aromatic carbocycles. The van der Waals surface area contributed by atoms with Gasteiger partial charge in [0.05, 0.1) is 18.3 Å². The lowest BCUT2D eigenvalue weighted by Gasteiger charge is -2.42. The van der Waals surface area contributed by atoms with E-state index < -0.39 is 0 Å². The van der Waals surface area contributed by atoms with Gasteiger partial charge in [-0.2, -0.15) is 0 Å².